The van der Waals surface area contributed by atoms with Crippen molar-refractivity contribution in [3.8, 4) is 0 Å². The molecule has 0 spiro atoms. The lowest BCUT2D eigenvalue weighted by Crippen LogP contribution is -2.43. The summed E-state index contributed by atoms with van der Waals surface area (Å²) < 4.78 is 5.36. The van der Waals surface area contributed by atoms with E-state index in [1.165, 1.54) is 6.42 Å². The van der Waals surface area contributed by atoms with Gasteiger partial charge in [-0.05, 0) is 31.0 Å². The SMILES string of the molecule is O=C(CC1COCCN1)Nc1cccc(NC(=O)C2CCCCC2)c1. The topological polar surface area (TPSA) is 79.5 Å². The summed E-state index contributed by atoms with van der Waals surface area (Å²) in [4.78, 5) is 24.5. The zero-order valence-electron chi connectivity index (χ0n) is 14.6. The van der Waals surface area contributed by atoms with Crippen molar-refractivity contribution >= 4 is 23.2 Å². The molecular weight excluding hydrogens is 318 g/mol. The number of nitrogens with one attached hydrogen (secondary N) is 3. The molecule has 0 aromatic heterocycles. The Bertz CT molecular complexity index is 593. The molecule has 6 nitrogen and oxygen atoms in total. The van der Waals surface area contributed by atoms with Gasteiger partial charge in [0.1, 0.15) is 0 Å². The van der Waals surface area contributed by atoms with Crippen LogP contribution in [0.3, 0.4) is 0 Å². The van der Waals surface area contributed by atoms with Gasteiger partial charge in [0.05, 0.1) is 13.2 Å². The fourth-order valence-electron chi connectivity index (χ4n) is 3.47. The molecule has 3 N–H and O–H groups in total. The standard InChI is InChI=1S/C19H27N3O3/c23-18(12-17-13-25-10-9-20-17)21-15-7-4-8-16(11-15)22-19(24)14-5-2-1-3-6-14/h4,7-8,11,14,17,20H,1-3,5-6,9-10,12-13H2,(H,21,23)(H,22,24). The molecule has 1 aliphatic carbocycles. The van der Waals surface area contributed by atoms with Crippen molar-refractivity contribution in [2.45, 2.75) is 44.6 Å². The van der Waals surface area contributed by atoms with Crippen molar-refractivity contribution in [1.29, 1.82) is 0 Å². The van der Waals surface area contributed by atoms with Crippen molar-refractivity contribution in [1.82, 2.24) is 5.32 Å². The fourth-order valence-corrected chi connectivity index (χ4v) is 3.47. The van der Waals surface area contributed by atoms with Crippen molar-refractivity contribution in [3.05, 3.63) is 24.3 Å². The average Bonchev–Trinajstić information content (AvgIpc) is 2.63. The maximum absolute atomic E-state index is 12.3. The number of hydrogen-bond donors (Lipinski definition) is 3. The Kier molecular flexibility index (Phi) is 6.42. The highest BCUT2D eigenvalue weighted by molar-refractivity contribution is 5.95. The summed E-state index contributed by atoms with van der Waals surface area (Å²) in [5, 5.41) is 9.15. The Balaban J connectivity index is 1.51. The summed E-state index contributed by atoms with van der Waals surface area (Å²) in [7, 11) is 0. The maximum Gasteiger partial charge on any atom is 0.227 e. The van der Waals surface area contributed by atoms with Gasteiger partial charge < -0.3 is 20.7 Å². The van der Waals surface area contributed by atoms with Gasteiger partial charge in [-0.15, -0.1) is 0 Å². The minimum Gasteiger partial charge on any atom is -0.378 e. The zero-order chi connectivity index (χ0) is 17.5. The van der Waals surface area contributed by atoms with Crippen LogP contribution in [0.2, 0.25) is 0 Å². The number of carbonyl (C=O) groups excluding carboxylic acids is 2. The molecule has 2 aliphatic rings. The van der Waals surface area contributed by atoms with E-state index in [4.69, 9.17) is 4.74 Å². The molecule has 1 aromatic rings. The summed E-state index contributed by atoms with van der Waals surface area (Å²) in [5.74, 6) is 0.148. The Morgan fingerprint density at radius 3 is 2.60 bits per heavy atom. The molecule has 1 heterocycles. The van der Waals surface area contributed by atoms with Gasteiger partial charge >= 0.3 is 0 Å². The number of benzene rings is 1. The van der Waals surface area contributed by atoms with Crippen LogP contribution < -0.4 is 16.0 Å². The van der Waals surface area contributed by atoms with Crippen LogP contribution >= 0.6 is 0 Å². The molecule has 6 heteroatoms. The minimum absolute atomic E-state index is 0.0567. The van der Waals surface area contributed by atoms with Gasteiger partial charge in [-0.25, -0.2) is 0 Å². The second-order valence-corrected chi connectivity index (χ2v) is 6.88. The third-order valence-electron chi connectivity index (χ3n) is 4.82. The van der Waals surface area contributed by atoms with Crippen LogP contribution in [0.1, 0.15) is 38.5 Å². The van der Waals surface area contributed by atoms with Crippen molar-refractivity contribution in [2.24, 2.45) is 5.92 Å². The smallest absolute Gasteiger partial charge is 0.227 e. The van der Waals surface area contributed by atoms with Crippen molar-refractivity contribution < 1.29 is 14.3 Å². The monoisotopic (exact) mass is 345 g/mol. The molecule has 1 aromatic carbocycles. The van der Waals surface area contributed by atoms with E-state index in [-0.39, 0.29) is 23.8 Å². The summed E-state index contributed by atoms with van der Waals surface area (Å²) in [6.45, 7) is 2.03. The molecule has 1 aliphatic heterocycles. The first-order chi connectivity index (χ1) is 12.2. The predicted octanol–water partition coefficient (Wildman–Crippen LogP) is 2.52. The molecule has 3 rings (SSSR count). The molecule has 0 bridgehead atoms. The van der Waals surface area contributed by atoms with Gasteiger partial charge in [0, 0.05) is 36.3 Å². The molecule has 0 radical (unpaired) electrons. The lowest BCUT2D eigenvalue weighted by Gasteiger charge is -2.23. The zero-order valence-corrected chi connectivity index (χ0v) is 14.6. The van der Waals surface area contributed by atoms with Gasteiger partial charge in [0.25, 0.3) is 0 Å². The molecule has 1 unspecified atom stereocenters. The number of hydrogen-bond acceptors (Lipinski definition) is 4. The number of rotatable bonds is 5. The molecular formula is C19H27N3O3. The van der Waals surface area contributed by atoms with E-state index in [0.29, 0.717) is 25.3 Å². The van der Waals surface area contributed by atoms with Crippen LogP contribution in [0.25, 0.3) is 0 Å². The molecule has 1 atom stereocenters. The fraction of sp³-hybridized carbons (Fsp3) is 0.579. The van der Waals surface area contributed by atoms with E-state index < -0.39 is 0 Å². The lowest BCUT2D eigenvalue weighted by molar-refractivity contribution is -0.120. The summed E-state index contributed by atoms with van der Waals surface area (Å²) in [5.41, 5.74) is 1.43. The molecule has 1 saturated carbocycles. The van der Waals surface area contributed by atoms with Crippen LogP contribution in [-0.4, -0.2) is 37.6 Å². The number of amides is 2. The molecule has 136 valence electrons. The first-order valence-corrected chi connectivity index (χ1v) is 9.22. The quantitative estimate of drug-likeness (QED) is 0.766. The van der Waals surface area contributed by atoms with Gasteiger partial charge in [-0.3, -0.25) is 9.59 Å². The van der Waals surface area contributed by atoms with Crippen molar-refractivity contribution in [2.75, 3.05) is 30.4 Å². The van der Waals surface area contributed by atoms with E-state index in [1.54, 1.807) is 0 Å². The van der Waals surface area contributed by atoms with E-state index in [2.05, 4.69) is 16.0 Å². The largest absolute Gasteiger partial charge is 0.378 e. The van der Waals surface area contributed by atoms with E-state index in [0.717, 1.165) is 37.9 Å². The van der Waals surface area contributed by atoms with Crippen LogP contribution in [0.5, 0.6) is 0 Å². The lowest BCUT2D eigenvalue weighted by atomic mass is 9.88. The Hall–Kier alpha value is -1.92. The third kappa shape index (κ3) is 5.54. The van der Waals surface area contributed by atoms with E-state index in [9.17, 15) is 9.59 Å². The first-order valence-electron chi connectivity index (χ1n) is 9.22. The van der Waals surface area contributed by atoms with Gasteiger partial charge in [-0.1, -0.05) is 25.3 Å². The molecule has 1 saturated heterocycles. The predicted molar refractivity (Wildman–Crippen MR) is 97.5 cm³/mol. The number of ether oxygens (including phenoxy) is 1. The normalized spacial score (nSPS) is 21.5. The van der Waals surface area contributed by atoms with E-state index >= 15 is 0 Å². The summed E-state index contributed by atoms with van der Waals surface area (Å²) >= 11 is 0. The van der Waals surface area contributed by atoms with E-state index in [1.807, 2.05) is 24.3 Å². The van der Waals surface area contributed by atoms with Crippen LogP contribution in [0, 0.1) is 5.92 Å². The maximum atomic E-state index is 12.3. The van der Waals surface area contributed by atoms with Crippen molar-refractivity contribution in [3.63, 3.8) is 0 Å². The first kappa shape index (κ1) is 17.9. The Labute approximate surface area is 148 Å². The Morgan fingerprint density at radius 2 is 1.88 bits per heavy atom. The number of anilines is 2. The summed E-state index contributed by atoms with van der Waals surface area (Å²) in [6.07, 6.45) is 5.81. The van der Waals surface area contributed by atoms with Crippen LogP contribution in [-0.2, 0) is 14.3 Å². The molecule has 2 amide bonds. The Morgan fingerprint density at radius 1 is 1.12 bits per heavy atom. The highest BCUT2D eigenvalue weighted by Gasteiger charge is 2.21. The second kappa shape index (κ2) is 8.97. The highest BCUT2D eigenvalue weighted by Crippen LogP contribution is 2.25. The molecule has 2 fully saturated rings. The summed E-state index contributed by atoms with van der Waals surface area (Å²) in [6, 6.07) is 7.39. The highest BCUT2D eigenvalue weighted by atomic mass is 16.5. The van der Waals surface area contributed by atoms with Gasteiger partial charge in [-0.2, -0.15) is 0 Å². The minimum atomic E-state index is -0.0567. The number of carbonyl (C=O) groups is 2. The second-order valence-electron chi connectivity index (χ2n) is 6.88. The average molecular weight is 345 g/mol. The van der Waals surface area contributed by atoms with Crippen LogP contribution in [0.15, 0.2) is 24.3 Å². The van der Waals surface area contributed by atoms with Gasteiger partial charge in [0.15, 0.2) is 0 Å². The number of morpholine rings is 1. The molecule has 25 heavy (non-hydrogen) atoms. The third-order valence-corrected chi connectivity index (χ3v) is 4.82. The van der Waals surface area contributed by atoms with Crippen LogP contribution in [0.4, 0.5) is 11.4 Å². The van der Waals surface area contributed by atoms with Gasteiger partial charge in [0.2, 0.25) is 11.8 Å².